The van der Waals surface area contributed by atoms with Crippen molar-refractivity contribution in [1.82, 2.24) is 4.90 Å². The second-order valence-corrected chi connectivity index (χ2v) is 6.76. The summed E-state index contributed by atoms with van der Waals surface area (Å²) in [7, 11) is 0. The Morgan fingerprint density at radius 2 is 1.90 bits per heavy atom. The first-order chi connectivity index (χ1) is 14.5. The maximum Gasteiger partial charge on any atom is 0.344 e. The Morgan fingerprint density at radius 1 is 1.10 bits per heavy atom. The lowest BCUT2D eigenvalue weighted by Gasteiger charge is -2.32. The Kier molecular flexibility index (Phi) is 6.85. The molecule has 0 aliphatic carbocycles. The van der Waals surface area contributed by atoms with Crippen LogP contribution >= 0.6 is 0 Å². The second kappa shape index (κ2) is 9.73. The number of carbonyl (C=O) groups excluding carboxylic acids is 3. The molecule has 0 fully saturated rings. The van der Waals surface area contributed by atoms with Gasteiger partial charge in [0.05, 0.1) is 19.1 Å². The van der Waals surface area contributed by atoms with Gasteiger partial charge in [-0.15, -0.1) is 0 Å². The Balaban J connectivity index is 1.67. The van der Waals surface area contributed by atoms with Gasteiger partial charge in [0.15, 0.2) is 6.61 Å². The predicted molar refractivity (Wildman–Crippen MR) is 113 cm³/mol. The summed E-state index contributed by atoms with van der Waals surface area (Å²) in [6, 6.07) is 14.1. The van der Waals surface area contributed by atoms with Gasteiger partial charge in [0, 0.05) is 24.9 Å². The summed E-state index contributed by atoms with van der Waals surface area (Å²) >= 11 is 0. The van der Waals surface area contributed by atoms with Crippen LogP contribution in [-0.2, 0) is 19.1 Å². The molecule has 1 N–H and O–H groups in total. The zero-order valence-corrected chi connectivity index (χ0v) is 17.0. The van der Waals surface area contributed by atoms with Crippen molar-refractivity contribution in [2.45, 2.75) is 26.3 Å². The number of carbonyl (C=O) groups is 3. The number of fused-ring (bicyclic) bond motifs is 1. The fraction of sp³-hybridized carbons (Fsp3) is 0.261. The number of hydrogen-bond acceptors (Lipinski definition) is 5. The molecule has 2 aromatic rings. The standard InChI is InChI=1S/C23H24N2O5/c1-3-29-23(28)15-30-19-9-6-8-18(13-19)24-22(27)14-21-20-10-5-4-7-17(20)11-12-25(21)16(2)26/h4-13,21H,3,14-15H2,1-2H3,(H,24,27). The summed E-state index contributed by atoms with van der Waals surface area (Å²) in [5, 5.41) is 2.84. The van der Waals surface area contributed by atoms with Gasteiger partial charge >= 0.3 is 5.97 Å². The third-order valence-corrected chi connectivity index (χ3v) is 4.63. The van der Waals surface area contributed by atoms with Crippen molar-refractivity contribution in [3.8, 4) is 5.75 Å². The molecule has 7 heteroatoms. The van der Waals surface area contributed by atoms with Crippen LogP contribution in [0.1, 0.15) is 37.4 Å². The van der Waals surface area contributed by atoms with Gasteiger partial charge in [-0.05, 0) is 36.3 Å². The van der Waals surface area contributed by atoms with E-state index in [-0.39, 0.29) is 37.5 Å². The number of ether oxygens (including phenoxy) is 2. The van der Waals surface area contributed by atoms with Crippen molar-refractivity contribution in [2.75, 3.05) is 18.5 Å². The van der Waals surface area contributed by atoms with Gasteiger partial charge in [-0.2, -0.15) is 0 Å². The fourth-order valence-corrected chi connectivity index (χ4v) is 3.31. The molecule has 2 amide bonds. The van der Waals surface area contributed by atoms with E-state index in [0.717, 1.165) is 11.1 Å². The molecule has 1 aliphatic rings. The number of esters is 1. The van der Waals surface area contributed by atoms with Gasteiger partial charge in [0.1, 0.15) is 5.75 Å². The second-order valence-electron chi connectivity index (χ2n) is 6.76. The molecule has 0 spiro atoms. The minimum absolute atomic E-state index is 0.106. The third kappa shape index (κ3) is 5.26. The van der Waals surface area contributed by atoms with Gasteiger partial charge < -0.3 is 19.7 Å². The van der Waals surface area contributed by atoms with Crippen molar-refractivity contribution in [2.24, 2.45) is 0 Å². The van der Waals surface area contributed by atoms with E-state index in [2.05, 4.69) is 5.32 Å². The molecule has 0 bridgehead atoms. The highest BCUT2D eigenvalue weighted by molar-refractivity contribution is 5.92. The van der Waals surface area contributed by atoms with Crippen LogP contribution in [0.25, 0.3) is 6.08 Å². The van der Waals surface area contributed by atoms with Crippen LogP contribution < -0.4 is 10.1 Å². The van der Waals surface area contributed by atoms with Crippen LogP contribution in [-0.4, -0.2) is 35.9 Å². The number of anilines is 1. The van der Waals surface area contributed by atoms with Gasteiger partial charge in [-0.25, -0.2) is 4.79 Å². The number of nitrogens with one attached hydrogen (secondary N) is 1. The molecule has 0 aromatic heterocycles. The van der Waals surface area contributed by atoms with E-state index in [1.54, 1.807) is 42.3 Å². The van der Waals surface area contributed by atoms with Gasteiger partial charge in [-0.1, -0.05) is 30.3 Å². The molecule has 1 heterocycles. The number of hydrogen-bond donors (Lipinski definition) is 1. The topological polar surface area (TPSA) is 84.9 Å². The lowest BCUT2D eigenvalue weighted by Crippen LogP contribution is -2.33. The van der Waals surface area contributed by atoms with Crippen molar-refractivity contribution >= 4 is 29.5 Å². The number of rotatable bonds is 7. The summed E-state index contributed by atoms with van der Waals surface area (Å²) in [5.74, 6) is -0.385. The Morgan fingerprint density at radius 3 is 2.67 bits per heavy atom. The normalized spacial score (nSPS) is 14.6. The maximum absolute atomic E-state index is 12.7. The highest BCUT2D eigenvalue weighted by atomic mass is 16.6. The lowest BCUT2D eigenvalue weighted by molar-refractivity contribution is -0.145. The van der Waals surface area contributed by atoms with E-state index in [9.17, 15) is 14.4 Å². The van der Waals surface area contributed by atoms with E-state index < -0.39 is 5.97 Å². The van der Waals surface area contributed by atoms with Crippen LogP contribution in [0.15, 0.2) is 54.7 Å². The van der Waals surface area contributed by atoms with E-state index in [4.69, 9.17) is 9.47 Å². The van der Waals surface area contributed by atoms with Crippen molar-refractivity contribution in [1.29, 1.82) is 0 Å². The summed E-state index contributed by atoms with van der Waals surface area (Å²) in [5.41, 5.74) is 2.45. The van der Waals surface area contributed by atoms with Gasteiger partial charge in [-0.3, -0.25) is 9.59 Å². The average Bonchev–Trinajstić information content (AvgIpc) is 2.73. The molecule has 2 aromatic carbocycles. The average molecular weight is 408 g/mol. The zero-order valence-electron chi connectivity index (χ0n) is 17.0. The number of amides is 2. The van der Waals surface area contributed by atoms with Crippen LogP contribution in [0.5, 0.6) is 5.75 Å². The minimum Gasteiger partial charge on any atom is -0.482 e. The Hall–Kier alpha value is -3.61. The van der Waals surface area contributed by atoms with Crippen molar-refractivity contribution in [3.63, 3.8) is 0 Å². The Bertz CT molecular complexity index is 970. The number of nitrogens with zero attached hydrogens (tertiary/aromatic N) is 1. The zero-order chi connectivity index (χ0) is 21.5. The van der Waals surface area contributed by atoms with E-state index in [1.807, 2.05) is 30.3 Å². The van der Waals surface area contributed by atoms with E-state index in [0.29, 0.717) is 11.4 Å². The van der Waals surface area contributed by atoms with Crippen LogP contribution in [0.3, 0.4) is 0 Å². The van der Waals surface area contributed by atoms with E-state index in [1.165, 1.54) is 6.92 Å². The monoisotopic (exact) mass is 408 g/mol. The summed E-state index contributed by atoms with van der Waals surface area (Å²) < 4.78 is 10.2. The smallest absolute Gasteiger partial charge is 0.344 e. The molecular formula is C23H24N2O5. The maximum atomic E-state index is 12.7. The molecular weight excluding hydrogens is 384 g/mol. The molecule has 156 valence electrons. The first-order valence-corrected chi connectivity index (χ1v) is 9.72. The summed E-state index contributed by atoms with van der Waals surface area (Å²) in [6.07, 6.45) is 3.69. The molecule has 3 rings (SSSR count). The molecule has 30 heavy (non-hydrogen) atoms. The molecule has 1 aliphatic heterocycles. The third-order valence-electron chi connectivity index (χ3n) is 4.63. The first kappa shape index (κ1) is 21.1. The molecule has 1 atom stereocenters. The summed E-state index contributed by atoms with van der Waals surface area (Å²) in [6.45, 7) is 3.29. The van der Waals surface area contributed by atoms with Gasteiger partial charge in [0.25, 0.3) is 0 Å². The Labute approximate surface area is 175 Å². The first-order valence-electron chi connectivity index (χ1n) is 9.72. The highest BCUT2D eigenvalue weighted by Crippen LogP contribution is 2.33. The largest absolute Gasteiger partial charge is 0.482 e. The fourth-order valence-electron chi connectivity index (χ4n) is 3.31. The van der Waals surface area contributed by atoms with Crippen LogP contribution in [0.2, 0.25) is 0 Å². The van der Waals surface area contributed by atoms with Crippen LogP contribution in [0, 0.1) is 0 Å². The van der Waals surface area contributed by atoms with Gasteiger partial charge in [0.2, 0.25) is 11.8 Å². The molecule has 0 radical (unpaired) electrons. The predicted octanol–water partition coefficient (Wildman–Crippen LogP) is 3.53. The lowest BCUT2D eigenvalue weighted by atomic mass is 9.93. The minimum atomic E-state index is -0.458. The SMILES string of the molecule is CCOC(=O)COc1cccc(NC(=O)CC2c3ccccc3C=CN2C(C)=O)c1. The quantitative estimate of drug-likeness (QED) is 0.709. The van der Waals surface area contributed by atoms with Crippen molar-refractivity contribution in [3.05, 3.63) is 65.9 Å². The summed E-state index contributed by atoms with van der Waals surface area (Å²) in [4.78, 5) is 37.8. The molecule has 1 unspecified atom stereocenters. The molecule has 0 saturated carbocycles. The molecule has 0 saturated heterocycles. The van der Waals surface area contributed by atoms with Crippen molar-refractivity contribution < 1.29 is 23.9 Å². The highest BCUT2D eigenvalue weighted by Gasteiger charge is 2.28. The van der Waals surface area contributed by atoms with Crippen LogP contribution in [0.4, 0.5) is 5.69 Å². The number of benzene rings is 2. The van der Waals surface area contributed by atoms with E-state index >= 15 is 0 Å². The molecule has 7 nitrogen and oxygen atoms in total.